The van der Waals surface area contributed by atoms with Crippen LogP contribution in [-0.4, -0.2) is 7.05 Å². The van der Waals surface area contributed by atoms with Gasteiger partial charge in [0.25, 0.3) is 0 Å². The van der Waals surface area contributed by atoms with Gasteiger partial charge >= 0.3 is 0 Å². The number of rotatable bonds is 3. The van der Waals surface area contributed by atoms with Crippen LogP contribution >= 0.6 is 43.2 Å². The van der Waals surface area contributed by atoms with E-state index in [1.807, 2.05) is 7.05 Å². The van der Waals surface area contributed by atoms with Gasteiger partial charge in [-0.1, -0.05) is 28.1 Å². The third kappa shape index (κ3) is 2.87. The molecule has 0 amide bonds. The Morgan fingerprint density at radius 3 is 2.39 bits per heavy atom. The smallest absolute Gasteiger partial charge is 0.0704 e. The Bertz CT molecular complexity index is 563. The van der Waals surface area contributed by atoms with Crippen LogP contribution < -0.4 is 5.32 Å². The van der Waals surface area contributed by atoms with Crippen LogP contribution in [0.1, 0.15) is 27.6 Å². The van der Waals surface area contributed by atoms with E-state index in [-0.39, 0.29) is 6.04 Å². The highest BCUT2D eigenvalue weighted by Gasteiger charge is 2.17. The molecule has 4 heteroatoms. The molecule has 1 heterocycles. The summed E-state index contributed by atoms with van der Waals surface area (Å²) in [4.78, 5) is 1.35. The summed E-state index contributed by atoms with van der Waals surface area (Å²) in [6.07, 6.45) is 0. The van der Waals surface area contributed by atoms with Crippen molar-refractivity contribution < 1.29 is 0 Å². The van der Waals surface area contributed by atoms with E-state index in [9.17, 15) is 0 Å². The van der Waals surface area contributed by atoms with Crippen molar-refractivity contribution in [2.24, 2.45) is 0 Å². The van der Waals surface area contributed by atoms with Gasteiger partial charge in [-0.3, -0.25) is 0 Å². The lowest BCUT2D eigenvalue weighted by Crippen LogP contribution is -2.17. The molecule has 1 nitrogen and oxygen atoms in total. The number of benzene rings is 1. The molecule has 0 bridgehead atoms. The van der Waals surface area contributed by atoms with Crippen LogP contribution in [0.3, 0.4) is 0 Å². The van der Waals surface area contributed by atoms with Gasteiger partial charge in [0.15, 0.2) is 0 Å². The number of nitrogens with one attached hydrogen (secondary N) is 1. The highest BCUT2D eigenvalue weighted by molar-refractivity contribution is 9.11. The Hall–Kier alpha value is -0.160. The monoisotopic (exact) mass is 387 g/mol. The van der Waals surface area contributed by atoms with Gasteiger partial charge in [-0.15, -0.1) is 11.3 Å². The topological polar surface area (TPSA) is 12.0 Å². The summed E-state index contributed by atoms with van der Waals surface area (Å²) in [6, 6.07) is 8.98. The molecule has 0 spiro atoms. The summed E-state index contributed by atoms with van der Waals surface area (Å²) in [6.45, 7) is 4.27. The minimum atomic E-state index is 0.240. The SMILES string of the molecule is CNC(c1ccc(C)c(Br)c1)c1cc(Br)sc1C. The molecule has 0 aliphatic heterocycles. The zero-order chi connectivity index (χ0) is 13.3. The first-order valence-corrected chi connectivity index (χ1v) is 8.12. The number of hydrogen-bond donors (Lipinski definition) is 1. The molecule has 0 aliphatic rings. The van der Waals surface area contributed by atoms with Crippen LogP contribution in [0.2, 0.25) is 0 Å². The quantitative estimate of drug-likeness (QED) is 0.761. The van der Waals surface area contributed by atoms with Gasteiger partial charge in [0.2, 0.25) is 0 Å². The Morgan fingerprint density at radius 2 is 1.89 bits per heavy atom. The number of hydrogen-bond acceptors (Lipinski definition) is 2. The summed E-state index contributed by atoms with van der Waals surface area (Å²) in [7, 11) is 2.00. The van der Waals surface area contributed by atoms with Gasteiger partial charge in [0, 0.05) is 9.35 Å². The molecule has 1 aromatic heterocycles. The second-order valence-corrected chi connectivity index (χ2v) is 7.78. The highest BCUT2D eigenvalue weighted by Crippen LogP contribution is 2.34. The predicted molar refractivity (Wildman–Crippen MR) is 86.5 cm³/mol. The molecule has 0 aliphatic carbocycles. The molecule has 0 fully saturated rings. The predicted octanol–water partition coefficient (Wildman–Crippen LogP) is 5.20. The summed E-state index contributed by atoms with van der Waals surface area (Å²) < 4.78 is 2.34. The van der Waals surface area contributed by atoms with E-state index in [2.05, 4.69) is 75.3 Å². The number of thiophene rings is 1. The Balaban J connectivity index is 2.45. The normalized spacial score (nSPS) is 12.7. The van der Waals surface area contributed by atoms with Gasteiger partial charge in [-0.2, -0.15) is 0 Å². The fourth-order valence-corrected chi connectivity index (χ4v) is 4.18. The van der Waals surface area contributed by atoms with E-state index < -0.39 is 0 Å². The van der Waals surface area contributed by atoms with Crippen molar-refractivity contribution in [3.8, 4) is 0 Å². The molecule has 1 N–H and O–H groups in total. The maximum absolute atomic E-state index is 3.61. The van der Waals surface area contributed by atoms with E-state index in [0.29, 0.717) is 0 Å². The third-order valence-electron chi connectivity index (χ3n) is 3.06. The standard InChI is InChI=1S/C14H15Br2NS/c1-8-4-5-10(6-12(8)15)14(17-3)11-7-13(16)18-9(11)2/h4-7,14,17H,1-3H3. The molecule has 1 aromatic carbocycles. The number of halogens is 2. The van der Waals surface area contributed by atoms with Crippen LogP contribution in [0.15, 0.2) is 32.5 Å². The summed E-state index contributed by atoms with van der Waals surface area (Å²) in [5.74, 6) is 0. The highest BCUT2D eigenvalue weighted by atomic mass is 79.9. The summed E-state index contributed by atoms with van der Waals surface area (Å²) in [5.41, 5.74) is 3.88. The van der Waals surface area contributed by atoms with Crippen molar-refractivity contribution in [2.45, 2.75) is 19.9 Å². The minimum absolute atomic E-state index is 0.240. The van der Waals surface area contributed by atoms with E-state index >= 15 is 0 Å². The lowest BCUT2D eigenvalue weighted by Gasteiger charge is -2.17. The molecule has 18 heavy (non-hydrogen) atoms. The summed E-state index contributed by atoms with van der Waals surface area (Å²) in [5, 5.41) is 3.40. The first-order valence-electron chi connectivity index (χ1n) is 5.72. The van der Waals surface area contributed by atoms with Crippen molar-refractivity contribution >= 4 is 43.2 Å². The molecule has 2 aromatic rings. The first-order chi connectivity index (χ1) is 8.52. The van der Waals surface area contributed by atoms with E-state index in [4.69, 9.17) is 0 Å². The largest absolute Gasteiger partial charge is 0.309 e. The lowest BCUT2D eigenvalue weighted by atomic mass is 9.99. The van der Waals surface area contributed by atoms with Gasteiger partial charge in [-0.25, -0.2) is 0 Å². The second kappa shape index (κ2) is 5.87. The van der Waals surface area contributed by atoms with Gasteiger partial charge in [0.1, 0.15) is 0 Å². The van der Waals surface area contributed by atoms with Crippen LogP contribution in [0.25, 0.3) is 0 Å². The van der Waals surface area contributed by atoms with Crippen molar-refractivity contribution in [2.75, 3.05) is 7.05 Å². The average molecular weight is 389 g/mol. The molecule has 1 unspecified atom stereocenters. The fraction of sp³-hybridized carbons (Fsp3) is 0.286. The molecule has 2 rings (SSSR count). The zero-order valence-electron chi connectivity index (χ0n) is 10.6. The Labute approximate surface area is 129 Å². The van der Waals surface area contributed by atoms with E-state index in [0.717, 1.165) is 4.47 Å². The molecule has 0 saturated carbocycles. The van der Waals surface area contributed by atoms with Crippen molar-refractivity contribution in [3.63, 3.8) is 0 Å². The fourth-order valence-electron chi connectivity index (χ4n) is 2.04. The molecular formula is C14H15Br2NS. The number of aryl methyl sites for hydroxylation is 2. The molecule has 0 saturated heterocycles. The third-order valence-corrected chi connectivity index (χ3v) is 5.48. The van der Waals surface area contributed by atoms with Crippen LogP contribution in [0.5, 0.6) is 0 Å². The van der Waals surface area contributed by atoms with Crippen LogP contribution in [0.4, 0.5) is 0 Å². The van der Waals surface area contributed by atoms with Crippen molar-refractivity contribution in [3.05, 3.63) is 54.1 Å². The Morgan fingerprint density at radius 1 is 1.17 bits per heavy atom. The second-order valence-electron chi connectivity index (χ2n) is 4.29. The van der Waals surface area contributed by atoms with Gasteiger partial charge in [0.05, 0.1) is 9.83 Å². The minimum Gasteiger partial charge on any atom is -0.309 e. The van der Waals surface area contributed by atoms with Gasteiger partial charge < -0.3 is 5.32 Å². The lowest BCUT2D eigenvalue weighted by molar-refractivity contribution is 0.690. The zero-order valence-corrected chi connectivity index (χ0v) is 14.5. The molecule has 1 atom stereocenters. The molecule has 0 radical (unpaired) electrons. The maximum atomic E-state index is 3.61. The average Bonchev–Trinajstić information content (AvgIpc) is 2.64. The van der Waals surface area contributed by atoms with Crippen LogP contribution in [0, 0.1) is 13.8 Å². The van der Waals surface area contributed by atoms with Crippen molar-refractivity contribution in [1.82, 2.24) is 5.32 Å². The maximum Gasteiger partial charge on any atom is 0.0704 e. The van der Waals surface area contributed by atoms with E-state index in [1.165, 1.54) is 25.4 Å². The molecule has 96 valence electrons. The van der Waals surface area contributed by atoms with Gasteiger partial charge in [-0.05, 0) is 65.6 Å². The molecular weight excluding hydrogens is 374 g/mol. The first kappa shape index (κ1) is 14.3. The van der Waals surface area contributed by atoms with Crippen molar-refractivity contribution in [1.29, 1.82) is 0 Å². The van der Waals surface area contributed by atoms with Crippen LogP contribution in [-0.2, 0) is 0 Å². The summed E-state index contributed by atoms with van der Waals surface area (Å²) >= 11 is 8.95. The van der Waals surface area contributed by atoms with E-state index in [1.54, 1.807) is 11.3 Å². The Kier molecular flexibility index (Phi) is 4.64.